The minimum Gasteiger partial charge on any atom is -0.493 e. The highest BCUT2D eigenvalue weighted by atomic mass is 35.5. The number of rotatable bonds is 8. The highest BCUT2D eigenvalue weighted by Gasteiger charge is 2.13. The molecule has 2 N–H and O–H groups in total. The second-order valence-electron chi connectivity index (χ2n) is 4.82. The summed E-state index contributed by atoms with van der Waals surface area (Å²) in [5.41, 5.74) is 6.78. The van der Waals surface area contributed by atoms with Crippen molar-refractivity contribution in [2.75, 3.05) is 20.8 Å². The van der Waals surface area contributed by atoms with E-state index in [1.165, 1.54) is 7.11 Å². The summed E-state index contributed by atoms with van der Waals surface area (Å²) in [4.78, 5) is 11.0. The molecule has 0 fully saturated rings. The van der Waals surface area contributed by atoms with Crippen molar-refractivity contribution in [1.29, 1.82) is 0 Å². The molecule has 0 saturated heterocycles. The lowest BCUT2D eigenvalue weighted by molar-refractivity contribution is -0.140. The van der Waals surface area contributed by atoms with Gasteiger partial charge in [-0.05, 0) is 37.5 Å². The maximum atomic E-state index is 11.0. The third kappa shape index (κ3) is 5.81. The lowest BCUT2D eigenvalue weighted by Gasteiger charge is -2.15. The molecule has 1 atom stereocenters. The zero-order valence-corrected chi connectivity index (χ0v) is 13.4. The maximum Gasteiger partial charge on any atom is 0.305 e. The number of carbonyl (C=O) groups is 1. The molecule has 1 aromatic rings. The van der Waals surface area contributed by atoms with E-state index in [0.717, 1.165) is 5.56 Å². The third-order valence-corrected chi connectivity index (χ3v) is 3.13. The van der Waals surface area contributed by atoms with E-state index in [9.17, 15) is 4.79 Å². The zero-order valence-electron chi connectivity index (χ0n) is 12.6. The Kier molecular flexibility index (Phi) is 7.32. The van der Waals surface area contributed by atoms with E-state index in [2.05, 4.69) is 4.74 Å². The summed E-state index contributed by atoms with van der Waals surface area (Å²) in [5, 5.41) is 0.475. The van der Waals surface area contributed by atoms with Crippen LogP contribution < -0.4 is 15.2 Å². The van der Waals surface area contributed by atoms with Crippen molar-refractivity contribution < 1.29 is 19.0 Å². The Morgan fingerprint density at radius 3 is 2.67 bits per heavy atom. The first kappa shape index (κ1) is 17.6. The largest absolute Gasteiger partial charge is 0.493 e. The van der Waals surface area contributed by atoms with Gasteiger partial charge in [0.1, 0.15) is 0 Å². The van der Waals surface area contributed by atoms with Gasteiger partial charge in [0.15, 0.2) is 11.5 Å². The van der Waals surface area contributed by atoms with Gasteiger partial charge >= 0.3 is 5.97 Å². The van der Waals surface area contributed by atoms with Gasteiger partial charge in [-0.25, -0.2) is 0 Å². The Balaban J connectivity index is 2.70. The number of carbonyl (C=O) groups excluding carboxylic acids is 1. The second-order valence-corrected chi connectivity index (χ2v) is 5.23. The molecule has 0 amide bonds. The van der Waals surface area contributed by atoms with Gasteiger partial charge in [-0.1, -0.05) is 11.6 Å². The molecule has 0 spiro atoms. The fraction of sp³-hybridized carbons (Fsp3) is 0.533. The first-order valence-corrected chi connectivity index (χ1v) is 7.17. The van der Waals surface area contributed by atoms with Gasteiger partial charge in [0.05, 0.1) is 25.8 Å². The summed E-state index contributed by atoms with van der Waals surface area (Å²) in [6.45, 7) is 2.29. The highest BCUT2D eigenvalue weighted by Crippen LogP contribution is 2.36. The molecular weight excluding hydrogens is 294 g/mol. The molecule has 1 aromatic carbocycles. The Morgan fingerprint density at radius 2 is 2.10 bits per heavy atom. The van der Waals surface area contributed by atoms with Gasteiger partial charge in [-0.3, -0.25) is 4.79 Å². The number of hydrogen-bond acceptors (Lipinski definition) is 5. The predicted octanol–water partition coefficient (Wildman–Crippen LogP) is 2.57. The summed E-state index contributed by atoms with van der Waals surface area (Å²) >= 11 is 6.23. The van der Waals surface area contributed by atoms with E-state index >= 15 is 0 Å². The number of esters is 1. The van der Waals surface area contributed by atoms with E-state index < -0.39 is 0 Å². The standard InChI is InChI=1S/C15H22ClNO4/c1-10(17)7-11-8-12(16)15(13(9-11)19-2)21-6-4-5-14(18)20-3/h8-10H,4-7,17H2,1-3H3. The van der Waals surface area contributed by atoms with Crippen LogP contribution in [0.4, 0.5) is 0 Å². The Bertz CT molecular complexity index is 477. The van der Waals surface area contributed by atoms with E-state index in [4.69, 9.17) is 26.8 Å². The highest BCUT2D eigenvalue weighted by molar-refractivity contribution is 6.32. The molecule has 0 aliphatic rings. The van der Waals surface area contributed by atoms with Crippen LogP contribution >= 0.6 is 11.6 Å². The topological polar surface area (TPSA) is 70.8 Å². The summed E-state index contributed by atoms with van der Waals surface area (Å²) in [6.07, 6.45) is 1.56. The van der Waals surface area contributed by atoms with Crippen LogP contribution in [0, 0.1) is 0 Å². The lowest BCUT2D eigenvalue weighted by Crippen LogP contribution is -2.17. The van der Waals surface area contributed by atoms with Crippen molar-refractivity contribution >= 4 is 17.6 Å². The first-order chi connectivity index (χ1) is 9.97. The molecule has 1 unspecified atom stereocenters. The average molecular weight is 316 g/mol. The van der Waals surface area contributed by atoms with Crippen LogP contribution in [0.2, 0.25) is 5.02 Å². The van der Waals surface area contributed by atoms with Gasteiger partial charge in [0, 0.05) is 12.5 Å². The first-order valence-electron chi connectivity index (χ1n) is 6.79. The Morgan fingerprint density at radius 1 is 1.38 bits per heavy atom. The van der Waals surface area contributed by atoms with Crippen molar-refractivity contribution in [2.45, 2.75) is 32.2 Å². The quantitative estimate of drug-likeness (QED) is 0.589. The van der Waals surface area contributed by atoms with Crippen LogP contribution in [-0.4, -0.2) is 32.8 Å². The number of methoxy groups -OCH3 is 2. The van der Waals surface area contributed by atoms with E-state index in [-0.39, 0.29) is 12.0 Å². The zero-order chi connectivity index (χ0) is 15.8. The molecule has 0 aromatic heterocycles. The number of benzene rings is 1. The molecule has 0 aliphatic heterocycles. The monoisotopic (exact) mass is 315 g/mol. The molecular formula is C15H22ClNO4. The molecule has 21 heavy (non-hydrogen) atoms. The molecule has 0 heterocycles. The van der Waals surface area contributed by atoms with E-state index in [0.29, 0.717) is 42.4 Å². The predicted molar refractivity (Wildman–Crippen MR) is 82.1 cm³/mol. The second kappa shape index (κ2) is 8.74. The van der Waals surface area contributed by atoms with Crippen molar-refractivity contribution in [3.63, 3.8) is 0 Å². The van der Waals surface area contributed by atoms with Gasteiger partial charge in [-0.2, -0.15) is 0 Å². The van der Waals surface area contributed by atoms with Gasteiger partial charge in [0.2, 0.25) is 0 Å². The van der Waals surface area contributed by atoms with E-state index in [1.807, 2.05) is 19.1 Å². The molecule has 0 radical (unpaired) electrons. The van der Waals surface area contributed by atoms with Crippen molar-refractivity contribution in [3.05, 3.63) is 22.7 Å². The van der Waals surface area contributed by atoms with Gasteiger partial charge in [-0.15, -0.1) is 0 Å². The number of ether oxygens (including phenoxy) is 3. The van der Waals surface area contributed by atoms with Crippen LogP contribution in [0.1, 0.15) is 25.3 Å². The Hall–Kier alpha value is -1.46. The smallest absolute Gasteiger partial charge is 0.305 e. The molecule has 118 valence electrons. The summed E-state index contributed by atoms with van der Waals surface area (Å²) in [6, 6.07) is 3.73. The molecule has 0 saturated carbocycles. The number of nitrogens with two attached hydrogens (primary N) is 1. The molecule has 5 nitrogen and oxygen atoms in total. The Labute approximate surface area is 130 Å². The number of hydrogen-bond donors (Lipinski definition) is 1. The van der Waals surface area contributed by atoms with Crippen LogP contribution in [0.5, 0.6) is 11.5 Å². The fourth-order valence-corrected chi connectivity index (χ4v) is 2.18. The van der Waals surface area contributed by atoms with Crippen LogP contribution in [0.25, 0.3) is 0 Å². The van der Waals surface area contributed by atoms with Crippen LogP contribution in [0.15, 0.2) is 12.1 Å². The fourth-order valence-electron chi connectivity index (χ4n) is 1.90. The number of halogens is 1. The van der Waals surface area contributed by atoms with Crippen molar-refractivity contribution in [3.8, 4) is 11.5 Å². The van der Waals surface area contributed by atoms with Crippen molar-refractivity contribution in [1.82, 2.24) is 0 Å². The lowest BCUT2D eigenvalue weighted by atomic mass is 10.1. The van der Waals surface area contributed by atoms with Crippen LogP contribution in [-0.2, 0) is 16.0 Å². The van der Waals surface area contributed by atoms with Crippen molar-refractivity contribution in [2.24, 2.45) is 5.73 Å². The SMILES string of the molecule is COC(=O)CCCOc1c(Cl)cc(CC(C)N)cc1OC. The minimum absolute atomic E-state index is 0.0394. The molecule has 0 aliphatic carbocycles. The molecule has 0 bridgehead atoms. The van der Waals surface area contributed by atoms with E-state index in [1.54, 1.807) is 7.11 Å². The maximum absolute atomic E-state index is 11.0. The molecule has 1 rings (SSSR count). The van der Waals surface area contributed by atoms with Gasteiger partial charge in [0.25, 0.3) is 0 Å². The summed E-state index contributed by atoms with van der Waals surface area (Å²) in [7, 11) is 2.92. The summed E-state index contributed by atoms with van der Waals surface area (Å²) < 4.78 is 15.5. The minimum atomic E-state index is -0.260. The summed E-state index contributed by atoms with van der Waals surface area (Å²) in [5.74, 6) is 0.789. The third-order valence-electron chi connectivity index (χ3n) is 2.85. The normalized spacial score (nSPS) is 11.9. The molecule has 6 heteroatoms. The van der Waals surface area contributed by atoms with Gasteiger partial charge < -0.3 is 19.9 Å². The average Bonchev–Trinajstić information content (AvgIpc) is 2.43. The van der Waals surface area contributed by atoms with Crippen LogP contribution in [0.3, 0.4) is 0 Å².